The van der Waals surface area contributed by atoms with Crippen LogP contribution in [0.3, 0.4) is 0 Å². The van der Waals surface area contributed by atoms with Gasteiger partial charge in [0.2, 0.25) is 0 Å². The molecule has 0 aromatic heterocycles. The molecule has 0 spiro atoms. The SMILES string of the molecule is CCCCCCCCCCC(C)C(O)CN(CCN(C)CCN)CC(O)CC. The molecule has 0 aromatic rings. The molecule has 0 aliphatic rings. The van der Waals surface area contributed by atoms with Gasteiger partial charge in [-0.1, -0.05) is 72.1 Å². The summed E-state index contributed by atoms with van der Waals surface area (Å²) in [4.78, 5) is 4.43. The Morgan fingerprint density at radius 2 is 1.43 bits per heavy atom. The van der Waals surface area contributed by atoms with E-state index in [1.807, 2.05) is 6.92 Å². The maximum atomic E-state index is 10.7. The topological polar surface area (TPSA) is 73.0 Å². The molecule has 0 rings (SSSR count). The Labute approximate surface area is 175 Å². The first-order chi connectivity index (χ1) is 13.4. The first-order valence-corrected chi connectivity index (χ1v) is 11.9. The van der Waals surface area contributed by atoms with Crippen molar-refractivity contribution in [3.05, 3.63) is 0 Å². The number of rotatable bonds is 20. The van der Waals surface area contributed by atoms with Crippen LogP contribution in [0.5, 0.6) is 0 Å². The number of likely N-dealkylation sites (N-methyl/N-ethyl adjacent to an activating group) is 1. The molecular weight excluding hydrogens is 350 g/mol. The van der Waals surface area contributed by atoms with Gasteiger partial charge < -0.3 is 20.8 Å². The fraction of sp³-hybridized carbons (Fsp3) is 1.00. The molecule has 0 fully saturated rings. The molecule has 28 heavy (non-hydrogen) atoms. The van der Waals surface area contributed by atoms with E-state index in [4.69, 9.17) is 5.73 Å². The number of hydrogen-bond donors (Lipinski definition) is 3. The average molecular weight is 402 g/mol. The summed E-state index contributed by atoms with van der Waals surface area (Å²) in [6.07, 6.45) is 11.8. The summed E-state index contributed by atoms with van der Waals surface area (Å²) in [6.45, 7) is 11.0. The summed E-state index contributed by atoms with van der Waals surface area (Å²) < 4.78 is 0. The van der Waals surface area contributed by atoms with Gasteiger partial charge in [-0.15, -0.1) is 0 Å². The smallest absolute Gasteiger partial charge is 0.0692 e. The van der Waals surface area contributed by atoms with Crippen molar-refractivity contribution < 1.29 is 10.2 Å². The van der Waals surface area contributed by atoms with E-state index < -0.39 is 0 Å². The molecule has 0 amide bonds. The second-order valence-electron chi connectivity index (χ2n) is 8.72. The number of nitrogens with two attached hydrogens (primary N) is 1. The van der Waals surface area contributed by atoms with Gasteiger partial charge in [0, 0.05) is 39.3 Å². The predicted molar refractivity (Wildman–Crippen MR) is 122 cm³/mol. The molecule has 0 aliphatic carbocycles. The highest BCUT2D eigenvalue weighted by molar-refractivity contribution is 4.73. The minimum Gasteiger partial charge on any atom is -0.392 e. The van der Waals surface area contributed by atoms with Crippen molar-refractivity contribution in [2.24, 2.45) is 11.7 Å². The first-order valence-electron chi connectivity index (χ1n) is 11.9. The van der Waals surface area contributed by atoms with Gasteiger partial charge in [-0.2, -0.15) is 0 Å². The summed E-state index contributed by atoms with van der Waals surface area (Å²) in [5.41, 5.74) is 5.62. The first kappa shape index (κ1) is 27.8. The molecule has 5 nitrogen and oxygen atoms in total. The summed E-state index contributed by atoms with van der Waals surface area (Å²) >= 11 is 0. The lowest BCUT2D eigenvalue weighted by Gasteiger charge is -2.30. The van der Waals surface area contributed by atoms with Crippen molar-refractivity contribution in [1.29, 1.82) is 0 Å². The maximum absolute atomic E-state index is 10.7. The fourth-order valence-corrected chi connectivity index (χ4v) is 3.57. The highest BCUT2D eigenvalue weighted by Gasteiger charge is 2.19. The molecular formula is C23H51N3O2. The normalized spacial score (nSPS) is 15.3. The number of unbranched alkanes of at least 4 members (excludes halogenated alkanes) is 7. The van der Waals surface area contributed by atoms with Crippen molar-refractivity contribution in [1.82, 2.24) is 9.80 Å². The van der Waals surface area contributed by atoms with E-state index >= 15 is 0 Å². The van der Waals surface area contributed by atoms with E-state index in [0.29, 0.717) is 25.6 Å². The van der Waals surface area contributed by atoms with Crippen molar-refractivity contribution in [3.8, 4) is 0 Å². The average Bonchev–Trinajstić information content (AvgIpc) is 2.67. The molecule has 3 atom stereocenters. The lowest BCUT2D eigenvalue weighted by Crippen LogP contribution is -2.43. The molecule has 0 heterocycles. The fourth-order valence-electron chi connectivity index (χ4n) is 3.57. The molecule has 3 unspecified atom stereocenters. The maximum Gasteiger partial charge on any atom is 0.0692 e. The van der Waals surface area contributed by atoms with Gasteiger partial charge >= 0.3 is 0 Å². The summed E-state index contributed by atoms with van der Waals surface area (Å²) in [5, 5.41) is 20.8. The Bertz CT molecular complexity index is 331. The van der Waals surface area contributed by atoms with Crippen molar-refractivity contribution in [2.75, 3.05) is 46.3 Å². The summed E-state index contributed by atoms with van der Waals surface area (Å²) in [7, 11) is 2.07. The molecule has 0 aliphatic heterocycles. The second kappa shape index (κ2) is 18.8. The van der Waals surface area contributed by atoms with Crippen molar-refractivity contribution in [2.45, 2.75) is 97.2 Å². The van der Waals surface area contributed by atoms with Crippen molar-refractivity contribution in [3.63, 3.8) is 0 Å². The Kier molecular flexibility index (Phi) is 18.7. The zero-order chi connectivity index (χ0) is 21.2. The number of nitrogens with zero attached hydrogens (tertiary/aromatic N) is 2. The number of aliphatic hydroxyl groups excluding tert-OH is 2. The Morgan fingerprint density at radius 3 is 2.00 bits per heavy atom. The van der Waals surface area contributed by atoms with Crippen LogP contribution in [0.15, 0.2) is 0 Å². The third-order valence-electron chi connectivity index (χ3n) is 5.86. The van der Waals surface area contributed by atoms with Gasteiger partial charge in [0.25, 0.3) is 0 Å². The third-order valence-corrected chi connectivity index (χ3v) is 5.86. The zero-order valence-electron chi connectivity index (χ0n) is 19.4. The number of hydrogen-bond acceptors (Lipinski definition) is 5. The van der Waals surface area contributed by atoms with E-state index in [1.165, 1.54) is 51.4 Å². The minimum atomic E-state index is -0.326. The Balaban J connectivity index is 4.14. The number of aliphatic hydroxyl groups is 2. The van der Waals surface area contributed by atoms with Crippen LogP contribution in [0.1, 0.15) is 85.0 Å². The van der Waals surface area contributed by atoms with Crippen LogP contribution in [-0.4, -0.2) is 78.5 Å². The van der Waals surface area contributed by atoms with Crippen LogP contribution in [0, 0.1) is 5.92 Å². The lowest BCUT2D eigenvalue weighted by molar-refractivity contribution is 0.0382. The van der Waals surface area contributed by atoms with Crippen LogP contribution in [0.25, 0.3) is 0 Å². The van der Waals surface area contributed by atoms with E-state index in [2.05, 4.69) is 30.7 Å². The van der Waals surface area contributed by atoms with Gasteiger partial charge in [-0.05, 0) is 25.8 Å². The predicted octanol–water partition coefficient (Wildman–Crippen LogP) is 3.48. The largest absolute Gasteiger partial charge is 0.392 e. The summed E-state index contributed by atoms with van der Waals surface area (Å²) in [6, 6.07) is 0. The van der Waals surface area contributed by atoms with Crippen LogP contribution >= 0.6 is 0 Å². The van der Waals surface area contributed by atoms with E-state index in [-0.39, 0.29) is 12.2 Å². The van der Waals surface area contributed by atoms with Gasteiger partial charge in [-0.25, -0.2) is 0 Å². The molecule has 0 radical (unpaired) electrons. The highest BCUT2D eigenvalue weighted by atomic mass is 16.3. The van der Waals surface area contributed by atoms with E-state index in [9.17, 15) is 10.2 Å². The molecule has 170 valence electrons. The van der Waals surface area contributed by atoms with Gasteiger partial charge in [-0.3, -0.25) is 4.90 Å². The Morgan fingerprint density at radius 1 is 0.821 bits per heavy atom. The van der Waals surface area contributed by atoms with Crippen LogP contribution in [-0.2, 0) is 0 Å². The minimum absolute atomic E-state index is 0.308. The van der Waals surface area contributed by atoms with Gasteiger partial charge in [0.15, 0.2) is 0 Å². The highest BCUT2D eigenvalue weighted by Crippen LogP contribution is 2.16. The lowest BCUT2D eigenvalue weighted by atomic mass is 9.96. The quantitative estimate of drug-likeness (QED) is 0.272. The molecule has 0 saturated carbocycles. The molecule has 5 heteroatoms. The van der Waals surface area contributed by atoms with Crippen LogP contribution in [0.4, 0.5) is 0 Å². The standard InChI is InChI=1S/C23H51N3O2/c1-5-7-8-9-10-11-12-13-14-21(3)23(28)20-26(19-22(27)6-2)18-17-25(4)16-15-24/h21-23,27-28H,5-20,24H2,1-4H3. The molecule has 4 N–H and O–H groups in total. The van der Waals surface area contributed by atoms with Gasteiger partial charge in [0.1, 0.15) is 0 Å². The molecule has 0 saturated heterocycles. The second-order valence-corrected chi connectivity index (χ2v) is 8.72. The molecule has 0 aromatic carbocycles. The van der Waals surface area contributed by atoms with Crippen molar-refractivity contribution >= 4 is 0 Å². The van der Waals surface area contributed by atoms with E-state index in [1.54, 1.807) is 0 Å². The van der Waals surface area contributed by atoms with Gasteiger partial charge in [0.05, 0.1) is 12.2 Å². The van der Waals surface area contributed by atoms with Crippen LogP contribution in [0.2, 0.25) is 0 Å². The third kappa shape index (κ3) is 15.7. The summed E-state index contributed by atoms with van der Waals surface area (Å²) in [5.74, 6) is 0.308. The molecule has 0 bridgehead atoms. The zero-order valence-corrected chi connectivity index (χ0v) is 19.4. The van der Waals surface area contributed by atoms with E-state index in [0.717, 1.165) is 32.5 Å². The Hall–Kier alpha value is -0.200. The monoisotopic (exact) mass is 401 g/mol. The van der Waals surface area contributed by atoms with Crippen LogP contribution < -0.4 is 5.73 Å².